The quantitative estimate of drug-likeness (QED) is 0.714. The molecule has 1 unspecified atom stereocenters. The highest BCUT2D eigenvalue weighted by Gasteiger charge is 2.19. The summed E-state index contributed by atoms with van der Waals surface area (Å²) in [4.78, 5) is 0. The molecule has 1 atom stereocenters. The summed E-state index contributed by atoms with van der Waals surface area (Å²) in [6.07, 6.45) is -1.38. The summed E-state index contributed by atoms with van der Waals surface area (Å²) in [5, 5.41) is 10.5. The molecule has 0 saturated heterocycles. The highest BCUT2D eigenvalue weighted by Crippen LogP contribution is 2.31. The Balaban J connectivity index is 2.33. The number of rotatable bonds is 3. The number of benzene rings is 2. The summed E-state index contributed by atoms with van der Waals surface area (Å²) in [5.41, 5.74) is 0.137. The third kappa shape index (κ3) is 3.31. The van der Waals surface area contributed by atoms with E-state index < -0.39 is 17.7 Å². The molecule has 1 nitrogen and oxygen atoms in total. The molecule has 0 amide bonds. The molecule has 1 N–H and O–H groups in total. The second-order valence-corrected chi connectivity index (χ2v) is 5.88. The fourth-order valence-corrected chi connectivity index (χ4v) is 2.55. The second kappa shape index (κ2) is 6.39. The van der Waals surface area contributed by atoms with Crippen molar-refractivity contribution in [3.63, 3.8) is 0 Å². The van der Waals surface area contributed by atoms with Crippen LogP contribution in [-0.4, -0.2) is 5.11 Å². The van der Waals surface area contributed by atoms with Crippen LogP contribution in [0.3, 0.4) is 0 Å². The van der Waals surface area contributed by atoms with Gasteiger partial charge in [-0.2, -0.15) is 0 Å². The van der Waals surface area contributed by atoms with Crippen molar-refractivity contribution in [2.45, 2.75) is 12.5 Å². The monoisotopic (exact) mass is 380 g/mol. The van der Waals surface area contributed by atoms with Crippen LogP contribution in [0.4, 0.5) is 8.78 Å². The zero-order chi connectivity index (χ0) is 14.9. The van der Waals surface area contributed by atoms with Gasteiger partial charge in [-0.1, -0.05) is 29.3 Å². The highest BCUT2D eigenvalue weighted by molar-refractivity contribution is 9.10. The lowest BCUT2D eigenvalue weighted by Gasteiger charge is -2.14. The van der Waals surface area contributed by atoms with Gasteiger partial charge in [0.25, 0.3) is 0 Å². The molecule has 0 spiro atoms. The molecule has 0 heterocycles. The molecule has 0 radical (unpaired) electrons. The van der Waals surface area contributed by atoms with Crippen molar-refractivity contribution in [2.24, 2.45) is 0 Å². The Morgan fingerprint density at radius 3 is 2.45 bits per heavy atom. The average molecular weight is 382 g/mol. The van der Waals surface area contributed by atoms with Crippen molar-refractivity contribution in [1.82, 2.24) is 0 Å². The Hall–Kier alpha value is -0.680. The first-order chi connectivity index (χ1) is 9.40. The topological polar surface area (TPSA) is 20.2 Å². The Labute approximate surface area is 133 Å². The Kier molecular flexibility index (Phi) is 5.02. The largest absolute Gasteiger partial charge is 0.388 e. The summed E-state index contributed by atoms with van der Waals surface area (Å²) in [6, 6.07) is 6.67. The van der Waals surface area contributed by atoms with Crippen molar-refractivity contribution in [3.05, 3.63) is 67.6 Å². The van der Waals surface area contributed by atoms with E-state index in [4.69, 9.17) is 23.2 Å². The van der Waals surface area contributed by atoms with Gasteiger partial charge in [-0.25, -0.2) is 8.78 Å². The molecule has 0 aliphatic carbocycles. The molecular formula is C14H9BrCl2F2O. The molecule has 2 aromatic carbocycles. The minimum atomic E-state index is -1.24. The summed E-state index contributed by atoms with van der Waals surface area (Å²) >= 11 is 14.8. The summed E-state index contributed by atoms with van der Waals surface area (Å²) in [6.45, 7) is 0. The minimum absolute atomic E-state index is 0.00230. The van der Waals surface area contributed by atoms with Crippen LogP contribution < -0.4 is 0 Å². The first-order valence-electron chi connectivity index (χ1n) is 5.65. The molecule has 0 bridgehead atoms. The van der Waals surface area contributed by atoms with Gasteiger partial charge in [0, 0.05) is 27.0 Å². The van der Waals surface area contributed by atoms with Gasteiger partial charge in [0.05, 0.1) is 11.1 Å². The normalized spacial score (nSPS) is 12.5. The van der Waals surface area contributed by atoms with Crippen LogP contribution in [-0.2, 0) is 6.42 Å². The third-order valence-corrected chi connectivity index (χ3v) is 4.41. The predicted octanol–water partition coefficient (Wildman–Crippen LogP) is 5.31. The van der Waals surface area contributed by atoms with Crippen LogP contribution in [0.1, 0.15) is 17.2 Å². The van der Waals surface area contributed by atoms with E-state index in [1.807, 2.05) is 0 Å². The van der Waals surface area contributed by atoms with E-state index in [0.29, 0.717) is 4.47 Å². The molecule has 0 saturated carbocycles. The minimum Gasteiger partial charge on any atom is -0.388 e. The van der Waals surface area contributed by atoms with Gasteiger partial charge in [-0.15, -0.1) is 0 Å². The number of aliphatic hydroxyl groups is 1. The van der Waals surface area contributed by atoms with Crippen LogP contribution in [0.15, 0.2) is 34.8 Å². The summed E-state index contributed by atoms with van der Waals surface area (Å²) < 4.78 is 27.8. The first-order valence-corrected chi connectivity index (χ1v) is 7.20. The smallest absolute Gasteiger partial charge is 0.130 e. The van der Waals surface area contributed by atoms with Crippen LogP contribution in [0, 0.1) is 11.6 Å². The number of hydrogen-bond donors (Lipinski definition) is 1. The highest BCUT2D eigenvalue weighted by atomic mass is 79.9. The number of halogens is 5. The fourth-order valence-electron chi connectivity index (χ4n) is 1.82. The molecule has 20 heavy (non-hydrogen) atoms. The van der Waals surface area contributed by atoms with Crippen LogP contribution in [0.2, 0.25) is 10.0 Å². The van der Waals surface area contributed by atoms with Crippen molar-refractivity contribution in [3.8, 4) is 0 Å². The lowest BCUT2D eigenvalue weighted by Crippen LogP contribution is -2.06. The van der Waals surface area contributed by atoms with E-state index >= 15 is 0 Å². The zero-order valence-corrected chi connectivity index (χ0v) is 13.1. The fraction of sp³-hybridized carbons (Fsp3) is 0.143. The van der Waals surface area contributed by atoms with Gasteiger partial charge in [0.15, 0.2) is 0 Å². The summed E-state index contributed by atoms with van der Waals surface area (Å²) in [7, 11) is 0. The average Bonchev–Trinajstić information content (AvgIpc) is 2.38. The molecule has 2 aromatic rings. The Bertz CT molecular complexity index is 629. The standard InChI is InChI=1S/C14H9BrCl2F2O/c15-9-6-13(19)8(4-11(9)17)14(20)5-7-10(16)2-1-3-12(7)18/h1-4,6,14,20H,5H2. The number of hydrogen-bond acceptors (Lipinski definition) is 1. The SMILES string of the molecule is OC(Cc1c(F)cccc1Cl)c1cc(Cl)c(Br)cc1F. The molecule has 0 aromatic heterocycles. The Morgan fingerprint density at radius 2 is 1.80 bits per heavy atom. The van der Waals surface area contributed by atoms with Crippen LogP contribution in [0.25, 0.3) is 0 Å². The van der Waals surface area contributed by atoms with Gasteiger partial charge in [0.1, 0.15) is 11.6 Å². The van der Waals surface area contributed by atoms with Crippen LogP contribution >= 0.6 is 39.1 Å². The van der Waals surface area contributed by atoms with Crippen LogP contribution in [0.5, 0.6) is 0 Å². The van der Waals surface area contributed by atoms with E-state index in [1.54, 1.807) is 0 Å². The number of aliphatic hydroxyl groups excluding tert-OH is 1. The van der Waals surface area contributed by atoms with Gasteiger partial charge >= 0.3 is 0 Å². The van der Waals surface area contributed by atoms with Crippen molar-refractivity contribution in [2.75, 3.05) is 0 Å². The lowest BCUT2D eigenvalue weighted by molar-refractivity contribution is 0.172. The van der Waals surface area contributed by atoms with E-state index in [1.165, 1.54) is 24.3 Å². The predicted molar refractivity (Wildman–Crippen MR) is 79.2 cm³/mol. The van der Waals surface area contributed by atoms with E-state index in [2.05, 4.69) is 15.9 Å². The van der Waals surface area contributed by atoms with E-state index in [0.717, 1.165) is 6.07 Å². The van der Waals surface area contributed by atoms with Crippen molar-refractivity contribution < 1.29 is 13.9 Å². The van der Waals surface area contributed by atoms with E-state index in [9.17, 15) is 13.9 Å². The second-order valence-electron chi connectivity index (χ2n) is 4.21. The maximum Gasteiger partial charge on any atom is 0.130 e. The van der Waals surface area contributed by atoms with Gasteiger partial charge < -0.3 is 5.11 Å². The molecule has 0 fully saturated rings. The zero-order valence-electron chi connectivity index (χ0n) is 10.0. The van der Waals surface area contributed by atoms with E-state index in [-0.39, 0.29) is 27.6 Å². The van der Waals surface area contributed by atoms with Gasteiger partial charge in [-0.3, -0.25) is 0 Å². The first kappa shape index (κ1) is 15.7. The summed E-state index contributed by atoms with van der Waals surface area (Å²) in [5.74, 6) is -1.17. The molecule has 2 rings (SSSR count). The maximum absolute atomic E-state index is 13.8. The van der Waals surface area contributed by atoms with Gasteiger partial charge in [0.2, 0.25) is 0 Å². The molecule has 0 aliphatic rings. The van der Waals surface area contributed by atoms with Gasteiger partial charge in [-0.05, 0) is 40.2 Å². The van der Waals surface area contributed by atoms with Crippen molar-refractivity contribution in [1.29, 1.82) is 0 Å². The molecular weight excluding hydrogens is 373 g/mol. The molecule has 6 heteroatoms. The molecule has 106 valence electrons. The molecule has 0 aliphatic heterocycles. The van der Waals surface area contributed by atoms with Crippen molar-refractivity contribution >= 4 is 39.1 Å². The third-order valence-electron chi connectivity index (χ3n) is 2.86. The maximum atomic E-state index is 13.8. The Morgan fingerprint density at radius 1 is 1.10 bits per heavy atom. The lowest BCUT2D eigenvalue weighted by atomic mass is 10.0.